The van der Waals surface area contributed by atoms with E-state index in [9.17, 15) is 0 Å². The van der Waals surface area contributed by atoms with Crippen molar-refractivity contribution in [2.24, 2.45) is 17.6 Å². The van der Waals surface area contributed by atoms with Crippen LogP contribution in [-0.2, 0) is 6.54 Å². The highest BCUT2D eigenvalue weighted by Gasteiger charge is 2.52. The van der Waals surface area contributed by atoms with Crippen LogP contribution in [0.4, 0.5) is 0 Å². The van der Waals surface area contributed by atoms with Crippen molar-refractivity contribution in [1.82, 2.24) is 4.90 Å². The van der Waals surface area contributed by atoms with Crippen molar-refractivity contribution in [3.8, 4) is 0 Å². The molecular formula is C16H23BrN2. The molecule has 2 aliphatic carbocycles. The molecule has 0 amide bonds. The Morgan fingerprint density at radius 2 is 2.05 bits per heavy atom. The molecule has 2 N–H and O–H groups in total. The monoisotopic (exact) mass is 322 g/mol. The van der Waals surface area contributed by atoms with Crippen LogP contribution < -0.4 is 5.73 Å². The summed E-state index contributed by atoms with van der Waals surface area (Å²) in [5, 5.41) is 0. The smallest absolute Gasteiger partial charge is 0.0363 e. The summed E-state index contributed by atoms with van der Waals surface area (Å²) in [5.74, 6) is 1.75. The number of benzene rings is 1. The van der Waals surface area contributed by atoms with Gasteiger partial charge in [0.2, 0.25) is 0 Å². The van der Waals surface area contributed by atoms with Crippen LogP contribution in [0.2, 0.25) is 0 Å². The first-order valence-electron chi connectivity index (χ1n) is 7.30. The van der Waals surface area contributed by atoms with Crippen molar-refractivity contribution in [3.05, 3.63) is 34.3 Å². The molecule has 2 bridgehead atoms. The van der Waals surface area contributed by atoms with E-state index in [1.807, 2.05) is 0 Å². The fourth-order valence-electron chi connectivity index (χ4n) is 4.31. The summed E-state index contributed by atoms with van der Waals surface area (Å²) in [5.41, 5.74) is 7.82. The molecule has 2 fully saturated rings. The number of nitrogens with zero attached hydrogens (tertiary/aromatic N) is 1. The Hall–Kier alpha value is -0.380. The highest BCUT2D eigenvalue weighted by atomic mass is 79.9. The number of nitrogens with two attached hydrogens (primary N) is 1. The summed E-state index contributed by atoms with van der Waals surface area (Å²) in [6, 6.07) is 8.66. The Labute approximate surface area is 124 Å². The number of halogens is 1. The lowest BCUT2D eigenvalue weighted by Gasteiger charge is -2.44. The Morgan fingerprint density at radius 3 is 2.58 bits per heavy atom. The molecule has 2 nitrogen and oxygen atoms in total. The highest BCUT2D eigenvalue weighted by molar-refractivity contribution is 9.10. The standard InChI is InChI=1S/C16H23BrN2/c1-19(10-12-3-6-15(17)7-4-12)16(11-18)9-13-2-5-14(16)8-13/h3-4,6-7,13-14H,2,5,8-11,18H2,1H3. The zero-order valence-electron chi connectivity index (χ0n) is 11.6. The van der Waals surface area contributed by atoms with E-state index >= 15 is 0 Å². The molecule has 2 saturated carbocycles. The van der Waals surface area contributed by atoms with Crippen LogP contribution in [0.25, 0.3) is 0 Å². The lowest BCUT2D eigenvalue weighted by Crippen LogP contribution is -2.55. The first-order chi connectivity index (χ1) is 9.14. The van der Waals surface area contributed by atoms with Crippen LogP contribution in [0.5, 0.6) is 0 Å². The summed E-state index contributed by atoms with van der Waals surface area (Å²) < 4.78 is 1.15. The van der Waals surface area contributed by atoms with Gasteiger partial charge in [0, 0.05) is 23.1 Å². The SMILES string of the molecule is CN(Cc1ccc(Br)cc1)C1(CN)CC2CCC1C2. The Balaban J connectivity index is 1.75. The van der Waals surface area contributed by atoms with Crippen LogP contribution >= 0.6 is 15.9 Å². The van der Waals surface area contributed by atoms with Gasteiger partial charge in [-0.15, -0.1) is 0 Å². The molecule has 2 aliphatic rings. The van der Waals surface area contributed by atoms with Crippen molar-refractivity contribution >= 4 is 15.9 Å². The summed E-state index contributed by atoms with van der Waals surface area (Å²) in [6.07, 6.45) is 5.52. The topological polar surface area (TPSA) is 29.3 Å². The van der Waals surface area contributed by atoms with Gasteiger partial charge < -0.3 is 5.73 Å². The largest absolute Gasteiger partial charge is 0.329 e. The molecule has 3 rings (SSSR count). The Morgan fingerprint density at radius 1 is 1.32 bits per heavy atom. The summed E-state index contributed by atoms with van der Waals surface area (Å²) in [4.78, 5) is 2.53. The predicted molar refractivity (Wildman–Crippen MR) is 82.8 cm³/mol. The second-order valence-electron chi connectivity index (χ2n) is 6.37. The average molecular weight is 323 g/mol. The normalized spacial score (nSPS) is 33.3. The molecule has 19 heavy (non-hydrogen) atoms. The highest BCUT2D eigenvalue weighted by Crippen LogP contribution is 2.52. The van der Waals surface area contributed by atoms with Crippen LogP contribution in [0.3, 0.4) is 0 Å². The number of likely N-dealkylation sites (N-methyl/N-ethyl adjacent to an activating group) is 1. The van der Waals surface area contributed by atoms with E-state index in [-0.39, 0.29) is 5.54 Å². The first-order valence-corrected chi connectivity index (χ1v) is 8.09. The van der Waals surface area contributed by atoms with E-state index < -0.39 is 0 Å². The Kier molecular flexibility index (Phi) is 3.71. The maximum Gasteiger partial charge on any atom is 0.0363 e. The molecular weight excluding hydrogens is 300 g/mol. The molecule has 0 aromatic heterocycles. The minimum Gasteiger partial charge on any atom is -0.329 e. The zero-order valence-corrected chi connectivity index (χ0v) is 13.2. The second kappa shape index (κ2) is 5.19. The van der Waals surface area contributed by atoms with Crippen molar-refractivity contribution < 1.29 is 0 Å². The maximum atomic E-state index is 6.18. The molecule has 0 aliphatic heterocycles. The van der Waals surface area contributed by atoms with E-state index in [0.717, 1.165) is 29.4 Å². The van der Waals surface area contributed by atoms with Crippen LogP contribution in [0, 0.1) is 11.8 Å². The van der Waals surface area contributed by atoms with Gasteiger partial charge in [-0.2, -0.15) is 0 Å². The third-order valence-electron chi connectivity index (χ3n) is 5.39. The first kappa shape index (κ1) is 13.6. The van der Waals surface area contributed by atoms with E-state index in [1.54, 1.807) is 0 Å². The van der Waals surface area contributed by atoms with E-state index in [1.165, 1.54) is 31.2 Å². The molecule has 1 aromatic rings. The molecule has 0 spiro atoms. The molecule has 1 aromatic carbocycles. The Bertz CT molecular complexity index is 445. The van der Waals surface area contributed by atoms with Crippen molar-refractivity contribution in [3.63, 3.8) is 0 Å². The van der Waals surface area contributed by atoms with Gasteiger partial charge in [0.1, 0.15) is 0 Å². The van der Waals surface area contributed by atoms with Crippen molar-refractivity contribution in [2.75, 3.05) is 13.6 Å². The lowest BCUT2D eigenvalue weighted by atomic mass is 9.79. The number of hydrogen-bond donors (Lipinski definition) is 1. The van der Waals surface area contributed by atoms with Gasteiger partial charge in [-0.1, -0.05) is 34.5 Å². The number of hydrogen-bond acceptors (Lipinski definition) is 2. The molecule has 0 radical (unpaired) electrons. The molecule has 104 valence electrons. The third-order valence-corrected chi connectivity index (χ3v) is 5.92. The average Bonchev–Trinajstić information content (AvgIpc) is 3.02. The minimum absolute atomic E-state index is 0.260. The lowest BCUT2D eigenvalue weighted by molar-refractivity contribution is 0.0591. The van der Waals surface area contributed by atoms with Crippen molar-refractivity contribution in [1.29, 1.82) is 0 Å². The second-order valence-corrected chi connectivity index (χ2v) is 7.29. The predicted octanol–water partition coefficient (Wildman–Crippen LogP) is 3.40. The molecule has 0 saturated heterocycles. The molecule has 3 atom stereocenters. The molecule has 3 unspecified atom stereocenters. The van der Waals surface area contributed by atoms with Gasteiger partial charge in [-0.3, -0.25) is 4.90 Å². The minimum atomic E-state index is 0.260. The summed E-state index contributed by atoms with van der Waals surface area (Å²) >= 11 is 3.50. The van der Waals surface area contributed by atoms with Gasteiger partial charge >= 0.3 is 0 Å². The summed E-state index contributed by atoms with van der Waals surface area (Å²) in [7, 11) is 2.26. The fraction of sp³-hybridized carbons (Fsp3) is 0.625. The van der Waals surface area contributed by atoms with Gasteiger partial charge in [0.25, 0.3) is 0 Å². The van der Waals surface area contributed by atoms with Crippen LogP contribution in [0.15, 0.2) is 28.7 Å². The molecule has 3 heteroatoms. The van der Waals surface area contributed by atoms with Gasteiger partial charge in [-0.05, 0) is 55.8 Å². The van der Waals surface area contributed by atoms with E-state index in [2.05, 4.69) is 52.1 Å². The fourth-order valence-corrected chi connectivity index (χ4v) is 4.57. The quantitative estimate of drug-likeness (QED) is 0.920. The molecule has 0 heterocycles. The van der Waals surface area contributed by atoms with Crippen molar-refractivity contribution in [2.45, 2.75) is 37.8 Å². The van der Waals surface area contributed by atoms with Crippen LogP contribution in [-0.4, -0.2) is 24.0 Å². The van der Waals surface area contributed by atoms with E-state index in [4.69, 9.17) is 5.73 Å². The third kappa shape index (κ3) is 2.37. The van der Waals surface area contributed by atoms with E-state index in [0.29, 0.717) is 0 Å². The van der Waals surface area contributed by atoms with Gasteiger partial charge in [-0.25, -0.2) is 0 Å². The van der Waals surface area contributed by atoms with Crippen LogP contribution in [0.1, 0.15) is 31.2 Å². The van der Waals surface area contributed by atoms with Gasteiger partial charge in [0.05, 0.1) is 0 Å². The number of fused-ring (bicyclic) bond motifs is 2. The van der Waals surface area contributed by atoms with Gasteiger partial charge in [0.15, 0.2) is 0 Å². The maximum absolute atomic E-state index is 6.18. The number of rotatable bonds is 4. The zero-order chi connectivity index (χ0) is 13.5. The summed E-state index contributed by atoms with van der Waals surface area (Å²) in [6.45, 7) is 1.81.